The van der Waals surface area contributed by atoms with Crippen molar-refractivity contribution < 1.29 is 8.42 Å². The number of hydrogen-bond acceptors (Lipinski definition) is 3. The molecule has 0 spiro atoms. The summed E-state index contributed by atoms with van der Waals surface area (Å²) in [6, 6.07) is 4.74. The highest BCUT2D eigenvalue weighted by Crippen LogP contribution is 2.33. The van der Waals surface area contributed by atoms with Gasteiger partial charge in [0.05, 0.1) is 23.6 Å². The highest BCUT2D eigenvalue weighted by molar-refractivity contribution is 7.91. The first-order chi connectivity index (χ1) is 8.85. The summed E-state index contributed by atoms with van der Waals surface area (Å²) in [6.07, 6.45) is 0. The first-order valence-corrected chi connectivity index (χ1v) is 8.60. The van der Waals surface area contributed by atoms with E-state index >= 15 is 0 Å². The lowest BCUT2D eigenvalue weighted by atomic mass is 10.1. The van der Waals surface area contributed by atoms with Crippen LogP contribution in [0.25, 0.3) is 0 Å². The van der Waals surface area contributed by atoms with Crippen molar-refractivity contribution in [2.24, 2.45) is 0 Å². The summed E-state index contributed by atoms with van der Waals surface area (Å²) in [5.74, 6) is 0.206. The number of thiocarbonyl (C=S) groups is 1. The van der Waals surface area contributed by atoms with E-state index in [1.807, 2.05) is 0 Å². The Labute approximate surface area is 126 Å². The standard InChI is InChI=1S/C11H10Cl2N2O2S2/c12-6-1-7(13)3-8(2-6)15-10-5-19(16,17)4-9(10)14-11(15)18/h1-3,9-10H,4-5H2,(H,14,18)/t9-,10-/m0/s1. The molecule has 0 saturated carbocycles. The number of nitrogens with one attached hydrogen (secondary N) is 1. The lowest BCUT2D eigenvalue weighted by Crippen LogP contribution is -2.36. The topological polar surface area (TPSA) is 49.4 Å². The summed E-state index contributed by atoms with van der Waals surface area (Å²) in [5, 5.41) is 4.56. The molecular formula is C11H10Cl2N2O2S2. The van der Waals surface area contributed by atoms with Crippen LogP contribution in [0.3, 0.4) is 0 Å². The SMILES string of the molecule is O=S1(=O)C[C@@H]2NC(=S)N(c3cc(Cl)cc(Cl)c3)[C@H]2C1. The molecule has 2 aliphatic rings. The molecule has 2 aliphatic heterocycles. The molecule has 2 heterocycles. The number of rotatable bonds is 1. The second-order valence-electron chi connectivity index (χ2n) is 4.70. The zero-order valence-electron chi connectivity index (χ0n) is 9.64. The van der Waals surface area contributed by atoms with Crippen LogP contribution in [0.4, 0.5) is 5.69 Å². The fraction of sp³-hybridized carbons (Fsp3) is 0.364. The highest BCUT2D eigenvalue weighted by atomic mass is 35.5. The van der Waals surface area contributed by atoms with Gasteiger partial charge in [-0.15, -0.1) is 0 Å². The summed E-state index contributed by atoms with van der Waals surface area (Å²) in [7, 11) is -3.02. The van der Waals surface area contributed by atoms with Crippen molar-refractivity contribution in [3.8, 4) is 0 Å². The Bertz CT molecular complexity index is 642. The van der Waals surface area contributed by atoms with Crippen LogP contribution in [0, 0.1) is 0 Å². The molecule has 19 heavy (non-hydrogen) atoms. The molecule has 2 saturated heterocycles. The van der Waals surface area contributed by atoms with Gasteiger partial charge in [0.15, 0.2) is 14.9 Å². The Morgan fingerprint density at radius 3 is 2.47 bits per heavy atom. The number of anilines is 1. The monoisotopic (exact) mass is 336 g/mol. The number of hydrogen-bond donors (Lipinski definition) is 1. The van der Waals surface area contributed by atoms with Crippen molar-refractivity contribution in [3.63, 3.8) is 0 Å². The smallest absolute Gasteiger partial charge is 0.174 e. The van der Waals surface area contributed by atoms with E-state index in [-0.39, 0.29) is 23.6 Å². The van der Waals surface area contributed by atoms with Crippen LogP contribution in [0.5, 0.6) is 0 Å². The maximum atomic E-state index is 11.7. The van der Waals surface area contributed by atoms with Gasteiger partial charge in [0.1, 0.15) is 0 Å². The quantitative estimate of drug-likeness (QED) is 0.793. The average molecular weight is 337 g/mol. The number of sulfone groups is 1. The fourth-order valence-electron chi connectivity index (χ4n) is 2.59. The normalized spacial score (nSPS) is 28.3. The lowest BCUT2D eigenvalue weighted by Gasteiger charge is -2.23. The van der Waals surface area contributed by atoms with Gasteiger partial charge >= 0.3 is 0 Å². The second kappa shape index (κ2) is 4.48. The highest BCUT2D eigenvalue weighted by Gasteiger charge is 2.47. The maximum Gasteiger partial charge on any atom is 0.174 e. The molecule has 0 unspecified atom stereocenters. The van der Waals surface area contributed by atoms with Crippen molar-refractivity contribution in [1.29, 1.82) is 0 Å². The Morgan fingerprint density at radius 1 is 1.21 bits per heavy atom. The first-order valence-electron chi connectivity index (χ1n) is 5.62. The third-order valence-electron chi connectivity index (χ3n) is 3.31. The van der Waals surface area contributed by atoms with E-state index < -0.39 is 9.84 Å². The summed E-state index contributed by atoms with van der Waals surface area (Å²) in [6.45, 7) is 0. The Morgan fingerprint density at radius 2 is 1.84 bits per heavy atom. The molecule has 0 aliphatic carbocycles. The predicted octanol–water partition coefficient (Wildman–Crippen LogP) is 1.85. The van der Waals surface area contributed by atoms with Crippen molar-refractivity contribution in [2.75, 3.05) is 16.4 Å². The van der Waals surface area contributed by atoms with Crippen molar-refractivity contribution in [3.05, 3.63) is 28.2 Å². The number of benzene rings is 1. The van der Waals surface area contributed by atoms with E-state index in [4.69, 9.17) is 35.4 Å². The molecule has 4 nitrogen and oxygen atoms in total. The van der Waals surface area contributed by atoms with Gasteiger partial charge < -0.3 is 10.2 Å². The maximum absolute atomic E-state index is 11.7. The summed E-state index contributed by atoms with van der Waals surface area (Å²) < 4.78 is 23.4. The summed E-state index contributed by atoms with van der Waals surface area (Å²) in [5.41, 5.74) is 0.722. The van der Waals surface area contributed by atoms with E-state index in [0.717, 1.165) is 5.69 Å². The van der Waals surface area contributed by atoms with E-state index in [2.05, 4.69) is 5.32 Å². The molecule has 8 heteroatoms. The van der Waals surface area contributed by atoms with E-state index in [1.54, 1.807) is 23.1 Å². The third-order valence-corrected chi connectivity index (χ3v) is 5.77. The molecule has 102 valence electrons. The van der Waals surface area contributed by atoms with E-state index in [9.17, 15) is 8.42 Å². The van der Waals surface area contributed by atoms with Crippen LogP contribution in [-0.2, 0) is 9.84 Å². The van der Waals surface area contributed by atoms with Gasteiger partial charge in [0.2, 0.25) is 0 Å². The van der Waals surface area contributed by atoms with Crippen LogP contribution in [-0.4, -0.2) is 37.1 Å². The Kier molecular flexibility index (Phi) is 3.16. The van der Waals surface area contributed by atoms with Gasteiger partial charge in [-0.3, -0.25) is 0 Å². The van der Waals surface area contributed by atoms with Gasteiger partial charge in [0, 0.05) is 15.7 Å². The van der Waals surface area contributed by atoms with Gasteiger partial charge in [0.25, 0.3) is 0 Å². The minimum Gasteiger partial charge on any atom is -0.356 e. The molecule has 1 aromatic carbocycles. The molecule has 0 radical (unpaired) electrons. The van der Waals surface area contributed by atoms with Gasteiger partial charge in [-0.05, 0) is 30.4 Å². The number of fused-ring (bicyclic) bond motifs is 1. The molecule has 0 aromatic heterocycles. The minimum absolute atomic E-state index is 0.0922. The molecule has 2 atom stereocenters. The largest absolute Gasteiger partial charge is 0.356 e. The lowest BCUT2D eigenvalue weighted by molar-refractivity contribution is 0.600. The van der Waals surface area contributed by atoms with Crippen LogP contribution in [0.2, 0.25) is 10.0 Å². The molecule has 0 bridgehead atoms. The Hall–Kier alpha value is -0.560. The third kappa shape index (κ3) is 2.42. The molecular weight excluding hydrogens is 327 g/mol. The predicted molar refractivity (Wildman–Crippen MR) is 80.9 cm³/mol. The van der Waals surface area contributed by atoms with Crippen LogP contribution in [0.15, 0.2) is 18.2 Å². The molecule has 2 fully saturated rings. The average Bonchev–Trinajstić information content (AvgIpc) is 2.66. The first kappa shape index (κ1) is 13.4. The van der Waals surface area contributed by atoms with Crippen molar-refractivity contribution in [2.45, 2.75) is 12.1 Å². The van der Waals surface area contributed by atoms with E-state index in [0.29, 0.717) is 15.2 Å². The molecule has 1 N–H and O–H groups in total. The van der Waals surface area contributed by atoms with Gasteiger partial charge in [-0.2, -0.15) is 0 Å². The van der Waals surface area contributed by atoms with Crippen LogP contribution >= 0.6 is 35.4 Å². The minimum atomic E-state index is -3.02. The molecule has 0 amide bonds. The molecule has 1 aromatic rings. The number of halogens is 2. The van der Waals surface area contributed by atoms with Crippen molar-refractivity contribution >= 4 is 56.1 Å². The Balaban J connectivity index is 2.02. The van der Waals surface area contributed by atoms with E-state index in [1.165, 1.54) is 0 Å². The number of nitrogens with zero attached hydrogens (tertiary/aromatic N) is 1. The fourth-order valence-corrected chi connectivity index (χ4v) is 5.38. The second-order valence-corrected chi connectivity index (χ2v) is 8.11. The van der Waals surface area contributed by atoms with Gasteiger partial charge in [-0.1, -0.05) is 23.2 Å². The van der Waals surface area contributed by atoms with Crippen molar-refractivity contribution in [1.82, 2.24) is 5.32 Å². The van der Waals surface area contributed by atoms with Gasteiger partial charge in [-0.25, -0.2) is 8.42 Å². The summed E-state index contributed by atoms with van der Waals surface area (Å²) in [4.78, 5) is 1.79. The van der Waals surface area contributed by atoms with Crippen LogP contribution in [0.1, 0.15) is 0 Å². The zero-order valence-corrected chi connectivity index (χ0v) is 12.8. The molecule has 3 rings (SSSR count). The summed E-state index contributed by atoms with van der Waals surface area (Å²) >= 11 is 17.2. The zero-order chi connectivity index (χ0) is 13.8. The van der Waals surface area contributed by atoms with Crippen LogP contribution < -0.4 is 10.2 Å².